The Morgan fingerprint density at radius 2 is 1.76 bits per heavy atom. The fraction of sp³-hybridized carbons (Fsp3) is 0.933. The second-order valence-corrected chi connectivity index (χ2v) is 13.1. The van der Waals surface area contributed by atoms with Crippen molar-refractivity contribution in [3.63, 3.8) is 0 Å². The van der Waals surface area contributed by atoms with Gasteiger partial charge in [0.15, 0.2) is 0 Å². The highest BCUT2D eigenvalue weighted by molar-refractivity contribution is 5.87. The van der Waals surface area contributed by atoms with E-state index < -0.39 is 5.60 Å². The SMILES string of the molecule is CCCCCCN(C[C@@]1(O)CC[C@@]2(C)[C@@H](CC[C@@H]3[C@@H]2CC[C@]2(C)C(=O)CC[C@@H]32)C1)C(=O)CCC. The van der Waals surface area contributed by atoms with Crippen molar-refractivity contribution in [3.8, 4) is 0 Å². The van der Waals surface area contributed by atoms with Crippen molar-refractivity contribution in [2.24, 2.45) is 34.5 Å². The van der Waals surface area contributed by atoms with Crippen LogP contribution in [-0.2, 0) is 9.59 Å². The van der Waals surface area contributed by atoms with Crippen LogP contribution in [0.5, 0.6) is 0 Å². The van der Waals surface area contributed by atoms with Crippen LogP contribution in [0.1, 0.15) is 124 Å². The monoisotopic (exact) mass is 473 g/mol. The number of carbonyl (C=O) groups excluding carboxylic acids is 2. The topological polar surface area (TPSA) is 57.6 Å². The Bertz CT molecular complexity index is 751. The van der Waals surface area contributed by atoms with E-state index in [1.54, 1.807) is 0 Å². The van der Waals surface area contributed by atoms with Crippen molar-refractivity contribution >= 4 is 11.7 Å². The Morgan fingerprint density at radius 1 is 0.971 bits per heavy atom. The summed E-state index contributed by atoms with van der Waals surface area (Å²) in [7, 11) is 0. The van der Waals surface area contributed by atoms with Crippen LogP contribution in [-0.4, -0.2) is 40.4 Å². The lowest BCUT2D eigenvalue weighted by molar-refractivity contribution is -0.161. The average Bonchev–Trinajstić information content (AvgIpc) is 3.11. The highest BCUT2D eigenvalue weighted by Gasteiger charge is 2.61. The second kappa shape index (κ2) is 10.2. The van der Waals surface area contributed by atoms with Crippen molar-refractivity contribution in [3.05, 3.63) is 0 Å². The van der Waals surface area contributed by atoms with Crippen LogP contribution >= 0.6 is 0 Å². The number of aliphatic hydroxyl groups is 1. The van der Waals surface area contributed by atoms with E-state index in [1.165, 1.54) is 32.1 Å². The van der Waals surface area contributed by atoms with E-state index in [2.05, 4.69) is 27.7 Å². The van der Waals surface area contributed by atoms with Crippen molar-refractivity contribution in [2.75, 3.05) is 13.1 Å². The quantitative estimate of drug-likeness (QED) is 0.387. The largest absolute Gasteiger partial charge is 0.388 e. The predicted molar refractivity (Wildman–Crippen MR) is 137 cm³/mol. The lowest BCUT2D eigenvalue weighted by Gasteiger charge is -2.61. The summed E-state index contributed by atoms with van der Waals surface area (Å²) in [4.78, 5) is 27.6. The Hall–Kier alpha value is -0.900. The van der Waals surface area contributed by atoms with Gasteiger partial charge in [-0.25, -0.2) is 0 Å². The fourth-order valence-corrected chi connectivity index (χ4v) is 8.99. The molecule has 4 heteroatoms. The van der Waals surface area contributed by atoms with Crippen LogP contribution in [0.4, 0.5) is 0 Å². The molecular weight excluding hydrogens is 422 g/mol. The molecule has 0 spiro atoms. The van der Waals surface area contributed by atoms with Crippen LogP contribution in [0, 0.1) is 34.5 Å². The smallest absolute Gasteiger partial charge is 0.222 e. The van der Waals surface area contributed by atoms with Crippen LogP contribution in [0.15, 0.2) is 0 Å². The zero-order valence-electron chi connectivity index (χ0n) is 22.5. The highest BCUT2D eigenvalue weighted by atomic mass is 16.3. The second-order valence-electron chi connectivity index (χ2n) is 13.1. The van der Waals surface area contributed by atoms with Crippen LogP contribution < -0.4 is 0 Å². The molecule has 0 aromatic carbocycles. The Kier molecular flexibility index (Phi) is 7.87. The highest BCUT2D eigenvalue weighted by Crippen LogP contribution is 2.66. The molecule has 0 heterocycles. The lowest BCUT2D eigenvalue weighted by Crippen LogP contribution is -2.58. The normalized spacial score (nSPS) is 41.5. The molecule has 0 aromatic rings. The number of unbranched alkanes of at least 4 members (excludes halogenated alkanes) is 3. The summed E-state index contributed by atoms with van der Waals surface area (Å²) in [5, 5.41) is 11.8. The van der Waals surface area contributed by atoms with Gasteiger partial charge in [0, 0.05) is 31.3 Å². The maximum atomic E-state index is 12.9. The lowest BCUT2D eigenvalue weighted by atomic mass is 9.44. The minimum Gasteiger partial charge on any atom is -0.388 e. The first-order valence-electron chi connectivity index (χ1n) is 14.7. The molecule has 4 saturated carbocycles. The van der Waals surface area contributed by atoms with Gasteiger partial charge < -0.3 is 10.0 Å². The van der Waals surface area contributed by atoms with Crippen LogP contribution in [0.2, 0.25) is 0 Å². The summed E-state index contributed by atoms with van der Waals surface area (Å²) >= 11 is 0. The molecule has 0 unspecified atom stereocenters. The van der Waals surface area contributed by atoms with Gasteiger partial charge in [0.05, 0.1) is 5.60 Å². The average molecular weight is 474 g/mol. The number of rotatable bonds is 9. The summed E-state index contributed by atoms with van der Waals surface area (Å²) in [6.45, 7) is 10.4. The van der Waals surface area contributed by atoms with Gasteiger partial charge in [-0.05, 0) is 93.3 Å². The molecule has 194 valence electrons. The number of nitrogens with zero attached hydrogens (tertiary/aromatic N) is 1. The molecule has 4 nitrogen and oxygen atoms in total. The van der Waals surface area contributed by atoms with Crippen molar-refractivity contribution in [1.82, 2.24) is 4.90 Å². The Morgan fingerprint density at radius 3 is 2.50 bits per heavy atom. The van der Waals surface area contributed by atoms with Crippen LogP contribution in [0.3, 0.4) is 0 Å². The first kappa shape index (κ1) is 26.2. The molecule has 0 aliphatic heterocycles. The Labute approximate surface area is 208 Å². The van der Waals surface area contributed by atoms with E-state index in [0.29, 0.717) is 42.4 Å². The van der Waals surface area contributed by atoms with Gasteiger partial charge >= 0.3 is 0 Å². The molecule has 0 aromatic heterocycles. The van der Waals surface area contributed by atoms with Gasteiger partial charge in [-0.15, -0.1) is 0 Å². The van der Waals surface area contributed by atoms with Gasteiger partial charge in [-0.1, -0.05) is 47.0 Å². The maximum absolute atomic E-state index is 12.9. The number of ketones is 1. The standard InChI is InChI=1S/C30H51NO3/c1-5-7-8-9-19-31(27(33)10-6-2)21-30(34)18-17-28(3)22(20-30)11-12-23-24-13-14-26(32)29(24,4)16-15-25(23)28/h22-25,34H,5-21H2,1-4H3/t22-,23-,24-,25-,28-,29-,30+/m0/s1. The van der Waals surface area contributed by atoms with E-state index in [-0.39, 0.29) is 16.7 Å². The molecule has 0 saturated heterocycles. The number of hydrogen-bond acceptors (Lipinski definition) is 3. The molecule has 7 atom stereocenters. The number of hydrogen-bond donors (Lipinski definition) is 1. The first-order chi connectivity index (χ1) is 16.2. The van der Waals surface area contributed by atoms with Crippen molar-refractivity contribution in [1.29, 1.82) is 0 Å². The van der Waals surface area contributed by atoms with Gasteiger partial charge in [-0.2, -0.15) is 0 Å². The Balaban J connectivity index is 1.43. The van der Waals surface area contributed by atoms with E-state index >= 15 is 0 Å². The molecule has 1 amide bonds. The van der Waals surface area contributed by atoms with E-state index in [1.807, 2.05) is 4.90 Å². The zero-order chi connectivity index (χ0) is 24.6. The molecule has 4 rings (SSSR count). The van der Waals surface area contributed by atoms with Gasteiger partial charge in [0.25, 0.3) is 0 Å². The third kappa shape index (κ3) is 4.74. The molecule has 1 N–H and O–H groups in total. The van der Waals surface area contributed by atoms with Gasteiger partial charge in [0.2, 0.25) is 5.91 Å². The van der Waals surface area contributed by atoms with Crippen molar-refractivity contribution < 1.29 is 14.7 Å². The summed E-state index contributed by atoms with van der Waals surface area (Å²) in [5.41, 5.74) is -0.517. The first-order valence-corrected chi connectivity index (χ1v) is 14.7. The molecule has 4 aliphatic rings. The number of fused-ring (bicyclic) bond motifs is 5. The summed E-state index contributed by atoms with van der Waals surface area (Å²) in [5.74, 6) is 3.27. The van der Waals surface area contributed by atoms with E-state index in [4.69, 9.17) is 0 Å². The van der Waals surface area contributed by atoms with Gasteiger partial charge in [0.1, 0.15) is 5.78 Å². The number of Topliss-reactive ketones (excluding diaryl/α,β-unsaturated/α-hetero) is 1. The summed E-state index contributed by atoms with van der Waals surface area (Å²) < 4.78 is 0. The predicted octanol–water partition coefficient (Wildman–Crippen LogP) is 6.54. The number of amides is 1. The molecular formula is C30H51NO3. The zero-order valence-corrected chi connectivity index (χ0v) is 22.5. The molecule has 0 bridgehead atoms. The molecule has 4 fully saturated rings. The summed E-state index contributed by atoms with van der Waals surface area (Å²) in [6.07, 6.45) is 15.4. The summed E-state index contributed by atoms with van der Waals surface area (Å²) in [6, 6.07) is 0. The third-order valence-electron chi connectivity index (χ3n) is 11.1. The molecule has 0 radical (unpaired) electrons. The van der Waals surface area contributed by atoms with E-state index in [0.717, 1.165) is 64.3 Å². The van der Waals surface area contributed by atoms with E-state index in [9.17, 15) is 14.7 Å². The molecule has 4 aliphatic carbocycles. The van der Waals surface area contributed by atoms with Crippen molar-refractivity contribution in [2.45, 2.75) is 130 Å². The van der Waals surface area contributed by atoms with Gasteiger partial charge in [-0.3, -0.25) is 9.59 Å². The number of carbonyl (C=O) groups is 2. The minimum absolute atomic E-state index is 0.0579. The fourth-order valence-electron chi connectivity index (χ4n) is 8.99. The minimum atomic E-state index is -0.738. The molecule has 34 heavy (non-hydrogen) atoms. The maximum Gasteiger partial charge on any atom is 0.222 e. The van der Waals surface area contributed by atoms with Crippen LogP contribution in [0.25, 0.3) is 0 Å². The third-order valence-corrected chi connectivity index (χ3v) is 11.1.